The lowest BCUT2D eigenvalue weighted by Crippen LogP contribution is -2.61. The lowest BCUT2D eigenvalue weighted by Gasteiger charge is -2.48. The quantitative estimate of drug-likeness (QED) is 0.305. The summed E-state index contributed by atoms with van der Waals surface area (Å²) in [5, 5.41) is 17.4. The third-order valence-electron chi connectivity index (χ3n) is 5.94. The van der Waals surface area contributed by atoms with E-state index in [-0.39, 0.29) is 29.5 Å². The summed E-state index contributed by atoms with van der Waals surface area (Å²) in [4.78, 5) is 7.01. The summed E-state index contributed by atoms with van der Waals surface area (Å²) in [6.07, 6.45) is 7.32. The van der Waals surface area contributed by atoms with Crippen LogP contribution < -0.4 is 10.6 Å². The van der Waals surface area contributed by atoms with Gasteiger partial charge < -0.3 is 20.5 Å². The molecule has 1 atom stereocenters. The van der Waals surface area contributed by atoms with E-state index in [1.807, 2.05) is 18.8 Å². The van der Waals surface area contributed by atoms with Gasteiger partial charge in [0.2, 0.25) is 0 Å². The number of nitrogens with zero attached hydrogens (tertiary/aromatic N) is 2. The second-order valence-corrected chi connectivity index (χ2v) is 8.80. The number of rotatable bonds is 5. The lowest BCUT2D eigenvalue weighted by atomic mass is 9.80. The minimum absolute atomic E-state index is 0. The topological polar surface area (TPSA) is 69.1 Å². The Morgan fingerprint density at radius 2 is 1.81 bits per heavy atom. The molecule has 0 radical (unpaired) electrons. The van der Waals surface area contributed by atoms with Gasteiger partial charge in [0, 0.05) is 44.5 Å². The van der Waals surface area contributed by atoms with Crippen LogP contribution in [0, 0.1) is 0 Å². The predicted molar refractivity (Wildman–Crippen MR) is 120 cm³/mol. The summed E-state index contributed by atoms with van der Waals surface area (Å²) in [6.45, 7) is 5.25. The lowest BCUT2D eigenvalue weighted by molar-refractivity contribution is -0.0353. The predicted octanol–water partition coefficient (Wildman–Crippen LogP) is 1.67. The van der Waals surface area contributed by atoms with Crippen molar-refractivity contribution in [3.8, 4) is 0 Å². The van der Waals surface area contributed by atoms with Gasteiger partial charge in [0.1, 0.15) is 0 Å². The number of aliphatic imine (C=N–C) groups is 1. The fourth-order valence-corrected chi connectivity index (χ4v) is 5.60. The largest absolute Gasteiger partial charge is 0.387 e. The second-order valence-electron chi connectivity index (χ2n) is 7.69. The highest BCUT2D eigenvalue weighted by Crippen LogP contribution is 2.34. The number of ether oxygens (including phenoxy) is 1. The standard InChI is InChI=1S/C18H34N4O2S.HI/c1-19-16(21-14-18(23)7-12-25-15-18)20-13-17(5-3-2-4-6-17)22-8-10-24-11-9-22;/h23H,2-15H2,1H3,(H2,19,20,21);1H. The van der Waals surface area contributed by atoms with Crippen molar-refractivity contribution in [3.63, 3.8) is 0 Å². The zero-order chi connectivity index (χ0) is 17.6. The number of hydrogen-bond donors (Lipinski definition) is 3. The molecule has 3 fully saturated rings. The molecule has 6 nitrogen and oxygen atoms in total. The van der Waals surface area contributed by atoms with Gasteiger partial charge in [-0.05, 0) is 25.0 Å². The third-order valence-corrected chi connectivity index (χ3v) is 7.18. The van der Waals surface area contributed by atoms with E-state index in [0.29, 0.717) is 6.54 Å². The number of hydrogen-bond acceptors (Lipinski definition) is 5. The molecule has 3 rings (SSSR count). The molecule has 0 aromatic heterocycles. The Morgan fingerprint density at radius 1 is 1.12 bits per heavy atom. The van der Waals surface area contributed by atoms with Crippen LogP contribution >= 0.6 is 35.7 Å². The number of morpholine rings is 1. The summed E-state index contributed by atoms with van der Waals surface area (Å²) >= 11 is 1.83. The molecule has 0 amide bonds. The van der Waals surface area contributed by atoms with Crippen molar-refractivity contribution in [2.24, 2.45) is 4.99 Å². The highest BCUT2D eigenvalue weighted by Gasteiger charge is 2.39. The van der Waals surface area contributed by atoms with Gasteiger partial charge in [-0.2, -0.15) is 11.8 Å². The maximum absolute atomic E-state index is 10.5. The van der Waals surface area contributed by atoms with Crippen LogP contribution in [0.1, 0.15) is 38.5 Å². The molecular weight excluding hydrogens is 463 g/mol. The maximum atomic E-state index is 10.5. The fraction of sp³-hybridized carbons (Fsp3) is 0.944. The molecular formula is C18H35IN4O2S. The van der Waals surface area contributed by atoms with Gasteiger partial charge in [-0.25, -0.2) is 0 Å². The minimum atomic E-state index is -0.588. The Morgan fingerprint density at radius 3 is 2.42 bits per heavy atom. The van der Waals surface area contributed by atoms with Gasteiger partial charge >= 0.3 is 0 Å². The van der Waals surface area contributed by atoms with Crippen molar-refractivity contribution in [3.05, 3.63) is 0 Å². The molecule has 2 saturated heterocycles. The zero-order valence-electron chi connectivity index (χ0n) is 16.0. The van der Waals surface area contributed by atoms with Crippen molar-refractivity contribution in [1.82, 2.24) is 15.5 Å². The number of halogens is 1. The van der Waals surface area contributed by atoms with Crippen LogP contribution in [0.3, 0.4) is 0 Å². The third kappa shape index (κ3) is 5.86. The van der Waals surface area contributed by atoms with E-state index >= 15 is 0 Å². The van der Waals surface area contributed by atoms with E-state index in [1.165, 1.54) is 32.1 Å². The van der Waals surface area contributed by atoms with Crippen molar-refractivity contribution in [1.29, 1.82) is 0 Å². The number of aliphatic hydroxyl groups is 1. The molecule has 0 bridgehead atoms. The molecule has 2 heterocycles. The van der Waals surface area contributed by atoms with E-state index in [9.17, 15) is 5.11 Å². The van der Waals surface area contributed by atoms with Crippen LogP contribution in [0.2, 0.25) is 0 Å². The van der Waals surface area contributed by atoms with Crippen LogP contribution in [-0.2, 0) is 4.74 Å². The van der Waals surface area contributed by atoms with E-state index in [1.54, 1.807) is 0 Å². The Labute approximate surface area is 179 Å². The molecule has 8 heteroatoms. The first-order valence-corrected chi connectivity index (χ1v) is 10.9. The summed E-state index contributed by atoms with van der Waals surface area (Å²) in [5.41, 5.74) is -0.366. The van der Waals surface area contributed by atoms with Crippen LogP contribution in [0.5, 0.6) is 0 Å². The van der Waals surface area contributed by atoms with Crippen LogP contribution in [-0.4, -0.2) is 85.1 Å². The second kappa shape index (κ2) is 10.7. The smallest absolute Gasteiger partial charge is 0.191 e. The maximum Gasteiger partial charge on any atom is 0.191 e. The van der Waals surface area contributed by atoms with Gasteiger partial charge in [-0.15, -0.1) is 24.0 Å². The molecule has 1 aliphatic carbocycles. The average Bonchev–Trinajstić information content (AvgIpc) is 3.10. The summed E-state index contributed by atoms with van der Waals surface area (Å²) in [6, 6.07) is 0. The molecule has 2 aliphatic heterocycles. The molecule has 1 unspecified atom stereocenters. The van der Waals surface area contributed by atoms with Crippen molar-refractivity contribution >= 4 is 41.7 Å². The Kier molecular flexibility index (Phi) is 9.26. The zero-order valence-corrected chi connectivity index (χ0v) is 19.1. The van der Waals surface area contributed by atoms with E-state index < -0.39 is 5.60 Å². The van der Waals surface area contributed by atoms with Gasteiger partial charge in [-0.1, -0.05) is 19.3 Å². The first-order valence-electron chi connectivity index (χ1n) is 9.73. The molecule has 3 N–H and O–H groups in total. The number of thioether (sulfide) groups is 1. The van der Waals surface area contributed by atoms with E-state index in [0.717, 1.165) is 56.7 Å². The number of nitrogens with one attached hydrogen (secondary N) is 2. The van der Waals surface area contributed by atoms with Gasteiger partial charge in [-0.3, -0.25) is 9.89 Å². The van der Waals surface area contributed by atoms with E-state index in [4.69, 9.17) is 4.74 Å². The Hall–Kier alpha value is 0.230. The van der Waals surface area contributed by atoms with Crippen LogP contribution in [0.4, 0.5) is 0 Å². The van der Waals surface area contributed by atoms with E-state index in [2.05, 4.69) is 20.5 Å². The fourth-order valence-electron chi connectivity index (χ4n) is 4.31. The number of guanidine groups is 1. The molecule has 0 aromatic rings. The van der Waals surface area contributed by atoms with Crippen molar-refractivity contribution in [2.45, 2.75) is 49.7 Å². The van der Waals surface area contributed by atoms with Crippen molar-refractivity contribution in [2.75, 3.05) is 57.9 Å². The Balaban J connectivity index is 0.00000243. The molecule has 0 aromatic carbocycles. The molecule has 1 saturated carbocycles. The molecule has 152 valence electrons. The van der Waals surface area contributed by atoms with Gasteiger partial charge in [0.25, 0.3) is 0 Å². The summed E-state index contributed by atoms with van der Waals surface area (Å²) in [5.74, 6) is 2.67. The highest BCUT2D eigenvalue weighted by molar-refractivity contribution is 14.0. The summed E-state index contributed by atoms with van der Waals surface area (Å²) < 4.78 is 5.56. The van der Waals surface area contributed by atoms with Crippen LogP contribution in [0.15, 0.2) is 4.99 Å². The SMILES string of the molecule is CN=C(NCC1(O)CCSC1)NCC1(N2CCOCC2)CCCCC1.I. The van der Waals surface area contributed by atoms with Gasteiger partial charge in [0.15, 0.2) is 5.96 Å². The normalized spacial score (nSPS) is 29.8. The monoisotopic (exact) mass is 498 g/mol. The summed E-state index contributed by atoms with van der Waals surface area (Å²) in [7, 11) is 1.81. The van der Waals surface area contributed by atoms with Crippen LogP contribution in [0.25, 0.3) is 0 Å². The first-order chi connectivity index (χ1) is 12.2. The Bertz CT molecular complexity index is 448. The van der Waals surface area contributed by atoms with Gasteiger partial charge in [0.05, 0.1) is 18.8 Å². The molecule has 26 heavy (non-hydrogen) atoms. The molecule has 3 aliphatic rings. The minimum Gasteiger partial charge on any atom is -0.387 e. The molecule has 0 spiro atoms. The first kappa shape index (κ1) is 22.5. The average molecular weight is 498 g/mol. The van der Waals surface area contributed by atoms with Crippen molar-refractivity contribution < 1.29 is 9.84 Å². The highest BCUT2D eigenvalue weighted by atomic mass is 127.